The summed E-state index contributed by atoms with van der Waals surface area (Å²) in [4.78, 5) is 37.0. The molecule has 0 unspecified atom stereocenters. The fourth-order valence-corrected chi connectivity index (χ4v) is 3.46. The third-order valence-corrected chi connectivity index (χ3v) is 4.84. The zero-order valence-electron chi connectivity index (χ0n) is 17.9. The number of hydrogen-bond donors (Lipinski definition) is 0. The lowest BCUT2D eigenvalue weighted by Crippen LogP contribution is -2.43. The minimum atomic E-state index is -0.721. The minimum Gasteiger partial charge on any atom is -0.482 e. The van der Waals surface area contributed by atoms with Gasteiger partial charge in [0.05, 0.1) is 4.92 Å². The van der Waals surface area contributed by atoms with Gasteiger partial charge in [-0.1, -0.05) is 36.4 Å². The molecule has 164 valence electrons. The molecule has 2 aromatic rings. The Bertz CT molecular complexity index is 968. The molecule has 0 bridgehead atoms. The summed E-state index contributed by atoms with van der Waals surface area (Å²) in [5.41, 5.74) is 0.674. The zero-order valence-corrected chi connectivity index (χ0v) is 17.9. The smallest absolute Gasteiger partial charge is 0.417 e. The zero-order chi connectivity index (χ0) is 22.6. The Morgan fingerprint density at radius 3 is 2.52 bits per heavy atom. The number of nitro benzene ring substituents is 1. The van der Waals surface area contributed by atoms with Crippen molar-refractivity contribution in [3.05, 3.63) is 69.8 Å². The van der Waals surface area contributed by atoms with Gasteiger partial charge in [0, 0.05) is 18.5 Å². The first-order valence-electron chi connectivity index (χ1n) is 10.1. The first kappa shape index (κ1) is 22.3. The number of ether oxygens (including phenoxy) is 2. The number of nitrogens with zero attached hydrogens (tertiary/aromatic N) is 2. The number of benzene rings is 2. The maximum Gasteiger partial charge on any atom is 0.417 e. The molecule has 2 aromatic carbocycles. The summed E-state index contributed by atoms with van der Waals surface area (Å²) in [6, 6.07) is 13.7. The number of amides is 2. The van der Waals surface area contributed by atoms with Crippen LogP contribution in [0.1, 0.15) is 44.7 Å². The van der Waals surface area contributed by atoms with Crippen LogP contribution in [-0.4, -0.2) is 33.5 Å². The van der Waals surface area contributed by atoms with E-state index in [0.717, 1.165) is 10.5 Å². The van der Waals surface area contributed by atoms with E-state index in [1.54, 1.807) is 32.9 Å². The van der Waals surface area contributed by atoms with Gasteiger partial charge in [0.15, 0.2) is 5.75 Å². The van der Waals surface area contributed by atoms with E-state index in [2.05, 4.69) is 0 Å². The highest BCUT2D eigenvalue weighted by molar-refractivity contribution is 5.94. The first-order chi connectivity index (χ1) is 14.6. The lowest BCUT2D eigenvalue weighted by molar-refractivity contribution is -0.386. The van der Waals surface area contributed by atoms with E-state index >= 15 is 0 Å². The average molecular weight is 426 g/mol. The number of carbonyl (C=O) groups excluding carboxylic acids is 2. The Morgan fingerprint density at radius 2 is 1.87 bits per heavy atom. The number of imide groups is 1. The average Bonchev–Trinajstić information content (AvgIpc) is 3.06. The second-order valence-electron chi connectivity index (χ2n) is 8.47. The molecule has 0 radical (unpaired) electrons. The van der Waals surface area contributed by atoms with Crippen LogP contribution in [0, 0.1) is 10.1 Å². The van der Waals surface area contributed by atoms with Gasteiger partial charge in [-0.3, -0.25) is 14.9 Å². The molecule has 3 rings (SSSR count). The summed E-state index contributed by atoms with van der Waals surface area (Å²) in [5, 5.41) is 11.6. The van der Waals surface area contributed by atoms with Gasteiger partial charge in [-0.25, -0.2) is 9.69 Å². The Balaban J connectivity index is 1.75. The second kappa shape index (κ2) is 9.16. The molecule has 0 aromatic heterocycles. The van der Waals surface area contributed by atoms with E-state index < -0.39 is 22.7 Å². The standard InChI is InChI=1S/C23H26N2O6/c1-23(2,3)31-22(27)24-18(10-12-21(24)26)13-17-9-11-20(19(14-17)25(28)29)30-15-16-7-5-4-6-8-16/h4-9,11,14,18H,10,12-13,15H2,1-3H3/t18-/m1/s1. The molecule has 1 aliphatic rings. The highest BCUT2D eigenvalue weighted by atomic mass is 16.6. The monoisotopic (exact) mass is 426 g/mol. The molecule has 2 amide bonds. The Morgan fingerprint density at radius 1 is 1.16 bits per heavy atom. The SMILES string of the molecule is CC(C)(C)OC(=O)N1C(=O)CC[C@@H]1Cc1ccc(OCc2ccccc2)c([N+](=O)[O-])c1. The minimum absolute atomic E-state index is 0.151. The molecule has 1 saturated heterocycles. The second-order valence-corrected chi connectivity index (χ2v) is 8.47. The molecular weight excluding hydrogens is 400 g/mol. The fraction of sp³-hybridized carbons (Fsp3) is 0.391. The van der Waals surface area contributed by atoms with Gasteiger partial charge >= 0.3 is 11.8 Å². The van der Waals surface area contributed by atoms with Gasteiger partial charge in [-0.05, 0) is 50.8 Å². The Hall–Kier alpha value is -3.42. The van der Waals surface area contributed by atoms with Crippen molar-refractivity contribution in [2.45, 2.75) is 58.3 Å². The molecule has 1 fully saturated rings. The van der Waals surface area contributed by atoms with E-state index in [1.807, 2.05) is 30.3 Å². The van der Waals surface area contributed by atoms with Crippen LogP contribution in [0.25, 0.3) is 0 Å². The van der Waals surface area contributed by atoms with Gasteiger partial charge in [-0.2, -0.15) is 0 Å². The van der Waals surface area contributed by atoms with Gasteiger partial charge in [0.25, 0.3) is 0 Å². The van der Waals surface area contributed by atoms with Crippen molar-refractivity contribution in [3.63, 3.8) is 0 Å². The van der Waals surface area contributed by atoms with Crippen LogP contribution in [0.3, 0.4) is 0 Å². The van der Waals surface area contributed by atoms with Crippen LogP contribution in [0.4, 0.5) is 10.5 Å². The molecule has 0 saturated carbocycles. The molecule has 1 atom stereocenters. The maximum absolute atomic E-state index is 12.5. The summed E-state index contributed by atoms with van der Waals surface area (Å²) in [5.74, 6) is -0.124. The third-order valence-electron chi connectivity index (χ3n) is 4.84. The molecule has 31 heavy (non-hydrogen) atoms. The summed E-state index contributed by atoms with van der Waals surface area (Å²) < 4.78 is 11.0. The van der Waals surface area contributed by atoms with Crippen LogP contribution in [-0.2, 0) is 22.6 Å². The molecule has 0 aliphatic carbocycles. The van der Waals surface area contributed by atoms with Crippen molar-refractivity contribution >= 4 is 17.7 Å². The molecule has 0 spiro atoms. The molecule has 1 heterocycles. The largest absolute Gasteiger partial charge is 0.482 e. The van der Waals surface area contributed by atoms with Crippen LogP contribution >= 0.6 is 0 Å². The number of nitro groups is 1. The van der Waals surface area contributed by atoms with Crippen LogP contribution in [0.5, 0.6) is 5.75 Å². The van der Waals surface area contributed by atoms with E-state index in [-0.39, 0.29) is 30.4 Å². The van der Waals surface area contributed by atoms with Gasteiger partial charge in [-0.15, -0.1) is 0 Å². The van der Waals surface area contributed by atoms with Gasteiger partial charge in [0.1, 0.15) is 12.2 Å². The van der Waals surface area contributed by atoms with Crippen LogP contribution < -0.4 is 4.74 Å². The van der Waals surface area contributed by atoms with E-state index in [0.29, 0.717) is 18.4 Å². The molecule has 8 nitrogen and oxygen atoms in total. The van der Waals surface area contributed by atoms with E-state index in [1.165, 1.54) is 6.07 Å². The molecular formula is C23H26N2O6. The van der Waals surface area contributed by atoms with Crippen LogP contribution in [0.2, 0.25) is 0 Å². The quantitative estimate of drug-likeness (QED) is 0.493. The van der Waals surface area contributed by atoms with Crippen LogP contribution in [0.15, 0.2) is 48.5 Å². The van der Waals surface area contributed by atoms with Crippen molar-refractivity contribution < 1.29 is 24.0 Å². The summed E-state index contributed by atoms with van der Waals surface area (Å²) >= 11 is 0. The molecule has 0 N–H and O–H groups in total. The van der Waals surface area contributed by atoms with E-state index in [4.69, 9.17) is 9.47 Å². The summed E-state index contributed by atoms with van der Waals surface area (Å²) in [7, 11) is 0. The predicted molar refractivity (Wildman–Crippen MR) is 114 cm³/mol. The van der Waals surface area contributed by atoms with Gasteiger partial charge < -0.3 is 9.47 Å². The normalized spacial score (nSPS) is 16.3. The third kappa shape index (κ3) is 5.81. The van der Waals surface area contributed by atoms with Crippen molar-refractivity contribution in [2.75, 3.05) is 0 Å². The number of rotatable bonds is 6. The Kier molecular flexibility index (Phi) is 6.58. The van der Waals surface area contributed by atoms with E-state index in [9.17, 15) is 19.7 Å². The predicted octanol–water partition coefficient (Wildman–Crippen LogP) is 4.64. The molecule has 8 heteroatoms. The van der Waals surface area contributed by atoms with Crippen molar-refractivity contribution in [1.82, 2.24) is 4.90 Å². The molecule has 1 aliphatic heterocycles. The number of carbonyl (C=O) groups is 2. The summed E-state index contributed by atoms with van der Waals surface area (Å²) in [6.45, 7) is 5.42. The Labute approximate surface area is 180 Å². The van der Waals surface area contributed by atoms with Crippen molar-refractivity contribution in [2.24, 2.45) is 0 Å². The topological polar surface area (TPSA) is 99.0 Å². The highest BCUT2D eigenvalue weighted by Crippen LogP contribution is 2.31. The van der Waals surface area contributed by atoms with Crippen molar-refractivity contribution in [3.8, 4) is 5.75 Å². The lowest BCUT2D eigenvalue weighted by atomic mass is 10.0. The lowest BCUT2D eigenvalue weighted by Gasteiger charge is -2.27. The van der Waals surface area contributed by atoms with Gasteiger partial charge in [0.2, 0.25) is 5.91 Å². The fourth-order valence-electron chi connectivity index (χ4n) is 3.46. The number of hydrogen-bond acceptors (Lipinski definition) is 6. The maximum atomic E-state index is 12.5. The number of likely N-dealkylation sites (tertiary alicyclic amines) is 1. The van der Waals surface area contributed by atoms with Crippen molar-refractivity contribution in [1.29, 1.82) is 0 Å². The first-order valence-corrected chi connectivity index (χ1v) is 10.1. The highest BCUT2D eigenvalue weighted by Gasteiger charge is 2.38. The summed E-state index contributed by atoms with van der Waals surface area (Å²) in [6.07, 6.45) is 0.352.